The summed E-state index contributed by atoms with van der Waals surface area (Å²) in [5.41, 5.74) is 5.80. The molecule has 0 spiro atoms. The molecule has 5 nitrogen and oxygen atoms in total. The lowest BCUT2D eigenvalue weighted by atomic mass is 9.93. The number of amides is 1. The molecule has 1 aromatic carbocycles. The van der Waals surface area contributed by atoms with Gasteiger partial charge in [-0.15, -0.1) is 11.3 Å². The third-order valence-electron chi connectivity index (χ3n) is 3.08. The lowest BCUT2D eigenvalue weighted by Gasteiger charge is -2.29. The minimum Gasteiger partial charge on any atom is -0.394 e. The van der Waals surface area contributed by atoms with Gasteiger partial charge in [-0.1, -0.05) is 30.3 Å². The monoisotopic (exact) mass is 291 g/mol. The fraction of sp³-hybridized carbons (Fsp3) is 0.286. The Kier molecular flexibility index (Phi) is 4.49. The first-order valence-corrected chi connectivity index (χ1v) is 7.10. The van der Waals surface area contributed by atoms with Gasteiger partial charge < -0.3 is 16.2 Å². The Balaban J connectivity index is 2.19. The van der Waals surface area contributed by atoms with Crippen molar-refractivity contribution in [1.29, 1.82) is 0 Å². The number of thiazole rings is 1. The Labute approximate surface area is 121 Å². The molecule has 0 saturated carbocycles. The van der Waals surface area contributed by atoms with E-state index in [0.717, 1.165) is 5.56 Å². The Bertz CT molecular complexity index is 585. The summed E-state index contributed by atoms with van der Waals surface area (Å²) in [4.78, 5) is 16.3. The highest BCUT2D eigenvalue weighted by molar-refractivity contribution is 7.09. The van der Waals surface area contributed by atoms with E-state index in [2.05, 4.69) is 10.3 Å². The molecule has 0 aliphatic rings. The van der Waals surface area contributed by atoms with Crippen LogP contribution in [0.5, 0.6) is 0 Å². The molecule has 0 bridgehead atoms. The summed E-state index contributed by atoms with van der Waals surface area (Å²) in [5, 5.41) is 14.8. The number of nitrogens with zero attached hydrogens (tertiary/aromatic N) is 1. The summed E-state index contributed by atoms with van der Waals surface area (Å²) in [6.07, 6.45) is 0. The molecule has 1 unspecified atom stereocenters. The van der Waals surface area contributed by atoms with Crippen LogP contribution in [0.4, 0.5) is 0 Å². The van der Waals surface area contributed by atoms with E-state index in [1.165, 1.54) is 11.3 Å². The van der Waals surface area contributed by atoms with Gasteiger partial charge >= 0.3 is 0 Å². The van der Waals surface area contributed by atoms with E-state index in [0.29, 0.717) is 17.2 Å². The first kappa shape index (κ1) is 14.6. The summed E-state index contributed by atoms with van der Waals surface area (Å²) >= 11 is 1.35. The number of nitrogens with two attached hydrogens (primary N) is 1. The van der Waals surface area contributed by atoms with Crippen LogP contribution in [0, 0.1) is 0 Å². The quantitative estimate of drug-likeness (QED) is 0.773. The van der Waals surface area contributed by atoms with Crippen molar-refractivity contribution in [1.82, 2.24) is 10.3 Å². The van der Waals surface area contributed by atoms with Gasteiger partial charge in [0.05, 0.1) is 12.1 Å². The highest BCUT2D eigenvalue weighted by Gasteiger charge is 2.28. The zero-order valence-electron chi connectivity index (χ0n) is 11.2. The van der Waals surface area contributed by atoms with Gasteiger partial charge in [0.1, 0.15) is 10.7 Å². The minimum atomic E-state index is -0.842. The molecule has 6 heteroatoms. The van der Waals surface area contributed by atoms with Crippen LogP contribution in [-0.4, -0.2) is 22.6 Å². The Morgan fingerprint density at radius 3 is 2.70 bits per heavy atom. The predicted octanol–water partition coefficient (Wildman–Crippen LogP) is 1.24. The average molecular weight is 291 g/mol. The highest BCUT2D eigenvalue weighted by atomic mass is 32.1. The fourth-order valence-corrected chi connectivity index (χ4v) is 2.49. The Morgan fingerprint density at radius 2 is 2.15 bits per heavy atom. The zero-order chi connectivity index (χ0) is 14.6. The number of rotatable bonds is 5. The highest BCUT2D eigenvalue weighted by Crippen LogP contribution is 2.21. The molecule has 0 aliphatic heterocycles. The van der Waals surface area contributed by atoms with Gasteiger partial charge in [0.15, 0.2) is 0 Å². The van der Waals surface area contributed by atoms with Crippen molar-refractivity contribution in [2.45, 2.75) is 19.0 Å². The lowest BCUT2D eigenvalue weighted by molar-refractivity contribution is 0.0845. The number of hydrogen-bond donors (Lipinski definition) is 3. The molecule has 2 aromatic rings. The topological polar surface area (TPSA) is 88.2 Å². The van der Waals surface area contributed by atoms with Gasteiger partial charge in [-0.3, -0.25) is 4.79 Å². The molecule has 0 radical (unpaired) electrons. The number of aliphatic hydroxyl groups is 1. The SMILES string of the molecule is CC(CO)(NC(=O)c1csc(CN)n1)c1ccccc1. The van der Waals surface area contributed by atoms with E-state index in [1.54, 1.807) is 12.3 Å². The first-order chi connectivity index (χ1) is 9.59. The van der Waals surface area contributed by atoms with Crippen LogP contribution in [0.3, 0.4) is 0 Å². The Hall–Kier alpha value is -1.76. The molecule has 0 fully saturated rings. The molecule has 2 rings (SSSR count). The number of carbonyl (C=O) groups is 1. The molecule has 0 saturated heterocycles. The molecule has 20 heavy (non-hydrogen) atoms. The number of benzene rings is 1. The van der Waals surface area contributed by atoms with E-state index in [1.807, 2.05) is 30.3 Å². The van der Waals surface area contributed by atoms with Crippen molar-refractivity contribution in [2.24, 2.45) is 5.73 Å². The molecule has 1 amide bonds. The lowest BCUT2D eigenvalue weighted by Crippen LogP contribution is -2.46. The number of hydrogen-bond acceptors (Lipinski definition) is 5. The normalized spacial score (nSPS) is 13.8. The van der Waals surface area contributed by atoms with Crippen LogP contribution >= 0.6 is 11.3 Å². The second kappa shape index (κ2) is 6.13. The van der Waals surface area contributed by atoms with Gasteiger partial charge in [0, 0.05) is 11.9 Å². The van der Waals surface area contributed by atoms with Crippen molar-refractivity contribution in [2.75, 3.05) is 6.61 Å². The summed E-state index contributed by atoms with van der Waals surface area (Å²) in [5.74, 6) is -0.318. The molecule has 1 heterocycles. The number of nitrogens with one attached hydrogen (secondary N) is 1. The van der Waals surface area contributed by atoms with E-state index >= 15 is 0 Å². The average Bonchev–Trinajstić information content (AvgIpc) is 2.97. The van der Waals surface area contributed by atoms with Crippen LogP contribution in [0.2, 0.25) is 0 Å². The van der Waals surface area contributed by atoms with E-state index in [-0.39, 0.29) is 12.5 Å². The van der Waals surface area contributed by atoms with Crippen molar-refractivity contribution in [3.05, 3.63) is 52.0 Å². The van der Waals surface area contributed by atoms with Gasteiger partial charge in [0.2, 0.25) is 0 Å². The second-order valence-corrected chi connectivity index (χ2v) is 5.58. The Morgan fingerprint density at radius 1 is 1.45 bits per heavy atom. The van der Waals surface area contributed by atoms with Gasteiger partial charge in [-0.2, -0.15) is 0 Å². The van der Waals surface area contributed by atoms with Crippen LogP contribution < -0.4 is 11.1 Å². The number of aromatic nitrogens is 1. The first-order valence-electron chi connectivity index (χ1n) is 6.22. The number of aliphatic hydroxyl groups excluding tert-OH is 1. The predicted molar refractivity (Wildman–Crippen MR) is 78.4 cm³/mol. The summed E-state index contributed by atoms with van der Waals surface area (Å²) in [7, 11) is 0. The van der Waals surface area contributed by atoms with E-state index < -0.39 is 5.54 Å². The molecule has 0 aliphatic carbocycles. The molecule has 106 valence electrons. The van der Waals surface area contributed by atoms with Gasteiger partial charge in [0.25, 0.3) is 5.91 Å². The van der Waals surface area contributed by atoms with E-state index in [9.17, 15) is 9.90 Å². The second-order valence-electron chi connectivity index (χ2n) is 4.64. The van der Waals surface area contributed by atoms with Crippen molar-refractivity contribution in [3.8, 4) is 0 Å². The number of carbonyl (C=O) groups excluding carboxylic acids is 1. The van der Waals surface area contributed by atoms with Crippen LogP contribution in [0.1, 0.15) is 28.0 Å². The summed E-state index contributed by atoms with van der Waals surface area (Å²) < 4.78 is 0. The molecule has 1 aromatic heterocycles. The molecule has 4 N–H and O–H groups in total. The third kappa shape index (κ3) is 3.04. The molecular formula is C14H17N3O2S. The zero-order valence-corrected chi connectivity index (χ0v) is 12.0. The fourth-order valence-electron chi connectivity index (χ4n) is 1.83. The van der Waals surface area contributed by atoms with E-state index in [4.69, 9.17) is 5.73 Å². The van der Waals surface area contributed by atoms with Gasteiger partial charge in [-0.05, 0) is 12.5 Å². The maximum absolute atomic E-state index is 12.2. The van der Waals surface area contributed by atoms with Crippen LogP contribution in [0.15, 0.2) is 35.7 Å². The molecular weight excluding hydrogens is 274 g/mol. The molecule has 1 atom stereocenters. The summed E-state index contributed by atoms with van der Waals surface area (Å²) in [6, 6.07) is 9.35. The maximum Gasteiger partial charge on any atom is 0.271 e. The van der Waals surface area contributed by atoms with Crippen LogP contribution in [0.25, 0.3) is 0 Å². The van der Waals surface area contributed by atoms with Gasteiger partial charge in [-0.25, -0.2) is 4.98 Å². The van der Waals surface area contributed by atoms with Crippen molar-refractivity contribution in [3.63, 3.8) is 0 Å². The van der Waals surface area contributed by atoms with Crippen molar-refractivity contribution < 1.29 is 9.90 Å². The largest absolute Gasteiger partial charge is 0.394 e. The maximum atomic E-state index is 12.2. The third-order valence-corrected chi connectivity index (χ3v) is 3.95. The summed E-state index contributed by atoms with van der Waals surface area (Å²) in [6.45, 7) is 1.89. The van der Waals surface area contributed by atoms with Crippen molar-refractivity contribution >= 4 is 17.2 Å². The van der Waals surface area contributed by atoms with Crippen LogP contribution in [-0.2, 0) is 12.1 Å². The smallest absolute Gasteiger partial charge is 0.271 e. The standard InChI is InChI=1S/C14H17N3O2S/c1-14(9-18,10-5-3-2-4-6-10)17-13(19)11-8-20-12(7-15)16-11/h2-6,8,18H,7,9,15H2,1H3,(H,17,19). The minimum absolute atomic E-state index is 0.198.